The van der Waals surface area contributed by atoms with Crippen molar-refractivity contribution in [1.82, 2.24) is 15.1 Å². The van der Waals surface area contributed by atoms with Crippen molar-refractivity contribution in [1.29, 1.82) is 0 Å². The average molecular weight is 267 g/mol. The predicted octanol–water partition coefficient (Wildman–Crippen LogP) is 1.32. The summed E-state index contributed by atoms with van der Waals surface area (Å²) in [5, 5.41) is 3.31. The quantitative estimate of drug-likeness (QED) is 0.816. The lowest BCUT2D eigenvalue weighted by Gasteiger charge is -2.35. The molecule has 2 rings (SSSR count). The molecule has 2 saturated heterocycles. The molecule has 2 fully saturated rings. The fraction of sp³-hybridized carbons (Fsp3) is 0.933. The Kier molecular flexibility index (Phi) is 5.64. The number of hydrogen-bond acceptors (Lipinski definition) is 3. The smallest absolute Gasteiger partial charge is 0.239 e. The molecule has 1 unspecified atom stereocenters. The van der Waals surface area contributed by atoms with Crippen LogP contribution in [-0.2, 0) is 4.79 Å². The second-order valence-electron chi connectivity index (χ2n) is 6.11. The number of rotatable bonds is 5. The monoisotopic (exact) mass is 267 g/mol. The number of carbonyl (C=O) groups is 1. The summed E-state index contributed by atoms with van der Waals surface area (Å²) in [5.74, 6) is 1.16. The van der Waals surface area contributed by atoms with Gasteiger partial charge in [-0.1, -0.05) is 6.92 Å². The summed E-state index contributed by atoms with van der Waals surface area (Å²) in [5.41, 5.74) is 0. The van der Waals surface area contributed by atoms with E-state index in [0.29, 0.717) is 5.91 Å². The van der Waals surface area contributed by atoms with Crippen molar-refractivity contribution < 1.29 is 4.79 Å². The number of likely N-dealkylation sites (tertiary alicyclic amines) is 2. The van der Waals surface area contributed by atoms with Crippen LogP contribution in [0, 0.1) is 5.92 Å². The third-order valence-electron chi connectivity index (χ3n) is 4.63. The summed E-state index contributed by atoms with van der Waals surface area (Å²) in [6, 6.07) is 0.0799. The van der Waals surface area contributed by atoms with Gasteiger partial charge in [-0.25, -0.2) is 0 Å². The third kappa shape index (κ3) is 4.18. The minimum atomic E-state index is 0.0799. The molecule has 1 amide bonds. The van der Waals surface area contributed by atoms with Crippen molar-refractivity contribution in [3.8, 4) is 0 Å². The van der Waals surface area contributed by atoms with Crippen molar-refractivity contribution in [3.63, 3.8) is 0 Å². The number of hydrogen-bond donors (Lipinski definition) is 1. The Bertz CT molecular complexity index is 285. The largest absolute Gasteiger partial charge is 0.341 e. The fourth-order valence-corrected chi connectivity index (χ4v) is 3.29. The van der Waals surface area contributed by atoms with Gasteiger partial charge in [0.25, 0.3) is 0 Å². The van der Waals surface area contributed by atoms with Gasteiger partial charge in [0.05, 0.1) is 6.04 Å². The Balaban J connectivity index is 1.74. The summed E-state index contributed by atoms with van der Waals surface area (Å²) >= 11 is 0. The minimum absolute atomic E-state index is 0.0799. The molecule has 2 heterocycles. The number of piperidine rings is 2. The number of nitrogens with zero attached hydrogens (tertiary/aromatic N) is 2. The molecule has 4 nitrogen and oxygen atoms in total. The summed E-state index contributed by atoms with van der Waals surface area (Å²) in [6.45, 7) is 7.34. The first-order chi connectivity index (χ1) is 9.20. The normalized spacial score (nSPS) is 26.9. The van der Waals surface area contributed by atoms with Crippen LogP contribution in [0.3, 0.4) is 0 Å². The highest BCUT2D eigenvalue weighted by molar-refractivity contribution is 5.82. The van der Waals surface area contributed by atoms with E-state index in [4.69, 9.17) is 0 Å². The number of amides is 1. The Hall–Kier alpha value is -0.610. The third-order valence-corrected chi connectivity index (χ3v) is 4.63. The van der Waals surface area contributed by atoms with Gasteiger partial charge in [-0.2, -0.15) is 0 Å². The molecule has 1 N–H and O–H groups in total. The molecule has 1 atom stereocenters. The van der Waals surface area contributed by atoms with Crippen LogP contribution >= 0.6 is 0 Å². The van der Waals surface area contributed by atoms with Gasteiger partial charge in [0.2, 0.25) is 5.91 Å². The van der Waals surface area contributed by atoms with Crippen LogP contribution in [0.25, 0.3) is 0 Å². The summed E-state index contributed by atoms with van der Waals surface area (Å²) < 4.78 is 0. The first kappa shape index (κ1) is 14.8. The zero-order valence-corrected chi connectivity index (χ0v) is 12.5. The van der Waals surface area contributed by atoms with Crippen molar-refractivity contribution in [2.75, 3.05) is 39.8 Å². The Morgan fingerprint density at radius 1 is 1.21 bits per heavy atom. The number of nitrogens with one attached hydrogen (secondary N) is 1. The van der Waals surface area contributed by atoms with Crippen LogP contribution in [0.4, 0.5) is 0 Å². The molecule has 0 aromatic heterocycles. The highest BCUT2D eigenvalue weighted by atomic mass is 16.2. The van der Waals surface area contributed by atoms with Gasteiger partial charge in [0.15, 0.2) is 0 Å². The van der Waals surface area contributed by atoms with E-state index in [1.807, 2.05) is 0 Å². The molecular formula is C15H29N3O. The van der Waals surface area contributed by atoms with E-state index in [1.54, 1.807) is 0 Å². The Labute approximate surface area is 117 Å². The number of likely N-dealkylation sites (N-methyl/N-ethyl adjacent to an activating group) is 1. The van der Waals surface area contributed by atoms with E-state index >= 15 is 0 Å². The molecule has 0 aromatic carbocycles. The van der Waals surface area contributed by atoms with Gasteiger partial charge in [-0.05, 0) is 64.7 Å². The lowest BCUT2D eigenvalue weighted by molar-refractivity contribution is -0.136. The van der Waals surface area contributed by atoms with Crippen LogP contribution in [0.2, 0.25) is 0 Å². The zero-order valence-electron chi connectivity index (χ0n) is 12.5. The maximum Gasteiger partial charge on any atom is 0.239 e. The van der Waals surface area contributed by atoms with Gasteiger partial charge in [0.1, 0.15) is 0 Å². The lowest BCUT2D eigenvalue weighted by atomic mass is 9.93. The van der Waals surface area contributed by atoms with Crippen molar-refractivity contribution in [2.45, 2.75) is 45.1 Å². The second kappa shape index (κ2) is 7.25. The standard InChI is InChI=1S/C15H29N3O/c1-3-16-14-5-4-9-18(15(14)19)12-8-13-6-10-17(2)11-7-13/h13-14,16H,3-12H2,1-2H3. The Morgan fingerprint density at radius 2 is 1.95 bits per heavy atom. The number of carbonyl (C=O) groups excluding carboxylic acids is 1. The fourth-order valence-electron chi connectivity index (χ4n) is 3.29. The molecule has 19 heavy (non-hydrogen) atoms. The van der Waals surface area contributed by atoms with Gasteiger partial charge >= 0.3 is 0 Å². The van der Waals surface area contributed by atoms with Gasteiger partial charge < -0.3 is 15.1 Å². The molecule has 0 radical (unpaired) electrons. The van der Waals surface area contributed by atoms with Gasteiger partial charge in [-0.15, -0.1) is 0 Å². The molecule has 0 bridgehead atoms. The Morgan fingerprint density at radius 3 is 2.63 bits per heavy atom. The van der Waals surface area contributed by atoms with E-state index in [0.717, 1.165) is 38.4 Å². The summed E-state index contributed by atoms with van der Waals surface area (Å²) in [7, 11) is 2.20. The van der Waals surface area contributed by atoms with Gasteiger partial charge in [0, 0.05) is 13.1 Å². The van der Waals surface area contributed by atoms with Crippen LogP contribution in [0.15, 0.2) is 0 Å². The van der Waals surface area contributed by atoms with Gasteiger partial charge in [-0.3, -0.25) is 4.79 Å². The van der Waals surface area contributed by atoms with E-state index in [-0.39, 0.29) is 6.04 Å². The SMILES string of the molecule is CCNC1CCCN(CCC2CCN(C)CC2)C1=O. The second-order valence-corrected chi connectivity index (χ2v) is 6.11. The molecule has 0 aliphatic carbocycles. The summed E-state index contributed by atoms with van der Waals surface area (Å²) in [4.78, 5) is 16.8. The molecule has 0 saturated carbocycles. The van der Waals surface area contributed by atoms with Crippen molar-refractivity contribution in [2.24, 2.45) is 5.92 Å². The molecule has 0 spiro atoms. The van der Waals surface area contributed by atoms with Crippen LogP contribution in [0.1, 0.15) is 39.0 Å². The topological polar surface area (TPSA) is 35.6 Å². The molecule has 0 aromatic rings. The predicted molar refractivity (Wildman–Crippen MR) is 78.1 cm³/mol. The molecular weight excluding hydrogens is 238 g/mol. The zero-order chi connectivity index (χ0) is 13.7. The van der Waals surface area contributed by atoms with E-state index in [2.05, 4.69) is 29.1 Å². The van der Waals surface area contributed by atoms with E-state index in [9.17, 15) is 4.79 Å². The molecule has 2 aliphatic heterocycles. The molecule has 4 heteroatoms. The first-order valence-corrected chi connectivity index (χ1v) is 7.91. The minimum Gasteiger partial charge on any atom is -0.341 e. The average Bonchev–Trinajstić information content (AvgIpc) is 2.42. The highest BCUT2D eigenvalue weighted by Crippen LogP contribution is 2.21. The molecule has 110 valence electrons. The van der Waals surface area contributed by atoms with Crippen LogP contribution < -0.4 is 5.32 Å². The molecule has 2 aliphatic rings. The summed E-state index contributed by atoms with van der Waals surface area (Å²) in [6.07, 6.45) is 5.96. The highest BCUT2D eigenvalue weighted by Gasteiger charge is 2.28. The van der Waals surface area contributed by atoms with Crippen LogP contribution in [-0.4, -0.2) is 61.5 Å². The van der Waals surface area contributed by atoms with E-state index < -0.39 is 0 Å². The van der Waals surface area contributed by atoms with Crippen molar-refractivity contribution in [3.05, 3.63) is 0 Å². The first-order valence-electron chi connectivity index (χ1n) is 7.91. The maximum atomic E-state index is 12.3. The lowest BCUT2D eigenvalue weighted by Crippen LogP contribution is -2.51. The maximum absolute atomic E-state index is 12.3. The van der Waals surface area contributed by atoms with Crippen molar-refractivity contribution >= 4 is 5.91 Å². The van der Waals surface area contributed by atoms with E-state index in [1.165, 1.54) is 32.4 Å². The van der Waals surface area contributed by atoms with Crippen LogP contribution in [0.5, 0.6) is 0 Å².